The van der Waals surface area contributed by atoms with Gasteiger partial charge in [-0.3, -0.25) is 14.3 Å². The van der Waals surface area contributed by atoms with Crippen LogP contribution in [0.2, 0.25) is 0 Å². The third-order valence-corrected chi connectivity index (χ3v) is 3.44. The van der Waals surface area contributed by atoms with E-state index in [-0.39, 0.29) is 17.5 Å². The molecule has 0 saturated carbocycles. The average Bonchev–Trinajstić information content (AvgIpc) is 3.02. The predicted octanol–water partition coefficient (Wildman–Crippen LogP) is 2.30. The highest BCUT2D eigenvalue weighted by molar-refractivity contribution is 6.09. The number of para-hydroxylation sites is 1. The van der Waals surface area contributed by atoms with Crippen LogP contribution in [0.1, 0.15) is 41.1 Å². The van der Waals surface area contributed by atoms with E-state index in [1.807, 2.05) is 13.8 Å². The van der Waals surface area contributed by atoms with Crippen molar-refractivity contribution in [2.45, 2.75) is 26.8 Å². The zero-order valence-electron chi connectivity index (χ0n) is 14.1. The number of nitrogens with one attached hydrogen (secondary N) is 2. The van der Waals surface area contributed by atoms with Gasteiger partial charge in [0, 0.05) is 19.3 Å². The quantitative estimate of drug-likeness (QED) is 0.816. The van der Waals surface area contributed by atoms with E-state index in [2.05, 4.69) is 15.7 Å². The Balaban J connectivity index is 2.26. The van der Waals surface area contributed by atoms with Crippen molar-refractivity contribution in [3.05, 3.63) is 41.7 Å². The molecule has 0 bridgehead atoms. The van der Waals surface area contributed by atoms with E-state index in [0.29, 0.717) is 30.1 Å². The highest BCUT2D eigenvalue weighted by Crippen LogP contribution is 2.21. The Morgan fingerprint density at radius 2 is 1.96 bits per heavy atom. The number of carbonyl (C=O) groups excluding carboxylic acids is 2. The molecule has 7 nitrogen and oxygen atoms in total. The molecule has 0 fully saturated rings. The van der Waals surface area contributed by atoms with Gasteiger partial charge in [0.1, 0.15) is 5.75 Å². The SMILES string of the molecule is CCCNC(=O)c1nn(CC)cc1NC(=O)c1ccccc1OC. The van der Waals surface area contributed by atoms with Crippen LogP contribution in [0, 0.1) is 0 Å². The third kappa shape index (κ3) is 3.92. The average molecular weight is 330 g/mol. The number of carbonyl (C=O) groups is 2. The number of methoxy groups -OCH3 is 1. The maximum absolute atomic E-state index is 12.5. The van der Waals surface area contributed by atoms with Crippen molar-refractivity contribution >= 4 is 17.5 Å². The van der Waals surface area contributed by atoms with Crippen LogP contribution < -0.4 is 15.4 Å². The maximum Gasteiger partial charge on any atom is 0.273 e. The van der Waals surface area contributed by atoms with E-state index >= 15 is 0 Å². The Morgan fingerprint density at radius 3 is 2.62 bits per heavy atom. The molecule has 2 N–H and O–H groups in total. The van der Waals surface area contributed by atoms with Gasteiger partial charge in [0.15, 0.2) is 5.69 Å². The Bertz CT molecular complexity index is 724. The summed E-state index contributed by atoms with van der Waals surface area (Å²) in [7, 11) is 1.50. The van der Waals surface area contributed by atoms with Crippen LogP contribution in [-0.4, -0.2) is 35.2 Å². The lowest BCUT2D eigenvalue weighted by Crippen LogP contribution is -2.26. The molecule has 24 heavy (non-hydrogen) atoms. The van der Waals surface area contributed by atoms with E-state index in [0.717, 1.165) is 6.42 Å². The summed E-state index contributed by atoms with van der Waals surface area (Å²) in [6.45, 7) is 5.03. The molecule has 0 unspecified atom stereocenters. The molecule has 7 heteroatoms. The second-order valence-corrected chi connectivity index (χ2v) is 5.16. The maximum atomic E-state index is 12.5. The number of aromatic nitrogens is 2. The fourth-order valence-electron chi connectivity index (χ4n) is 2.19. The number of benzene rings is 1. The topological polar surface area (TPSA) is 85.3 Å². The van der Waals surface area contributed by atoms with E-state index in [1.54, 1.807) is 35.1 Å². The lowest BCUT2D eigenvalue weighted by Gasteiger charge is -2.09. The van der Waals surface area contributed by atoms with E-state index in [4.69, 9.17) is 4.74 Å². The highest BCUT2D eigenvalue weighted by atomic mass is 16.5. The number of rotatable bonds is 7. The minimum absolute atomic E-state index is 0.202. The molecule has 128 valence electrons. The first-order valence-electron chi connectivity index (χ1n) is 7.90. The van der Waals surface area contributed by atoms with Crippen LogP contribution in [0.4, 0.5) is 5.69 Å². The number of nitrogens with zero attached hydrogens (tertiary/aromatic N) is 2. The van der Waals surface area contributed by atoms with Gasteiger partial charge in [-0.05, 0) is 25.5 Å². The molecule has 0 aliphatic heterocycles. The van der Waals surface area contributed by atoms with Crippen LogP contribution in [0.25, 0.3) is 0 Å². The fourth-order valence-corrected chi connectivity index (χ4v) is 2.19. The molecule has 2 amide bonds. The Labute approximate surface area is 141 Å². The summed E-state index contributed by atoms with van der Waals surface area (Å²) in [4.78, 5) is 24.8. The normalized spacial score (nSPS) is 10.3. The summed E-state index contributed by atoms with van der Waals surface area (Å²) >= 11 is 0. The number of hydrogen-bond donors (Lipinski definition) is 2. The largest absolute Gasteiger partial charge is 0.496 e. The van der Waals surface area contributed by atoms with Crippen molar-refractivity contribution in [3.8, 4) is 5.75 Å². The first kappa shape index (κ1) is 17.5. The van der Waals surface area contributed by atoms with Crippen molar-refractivity contribution in [1.29, 1.82) is 0 Å². The number of hydrogen-bond acceptors (Lipinski definition) is 4. The molecular formula is C17H22N4O3. The summed E-state index contributed by atoms with van der Waals surface area (Å²) in [6, 6.07) is 6.91. The summed E-state index contributed by atoms with van der Waals surface area (Å²) in [6.07, 6.45) is 2.47. The zero-order valence-corrected chi connectivity index (χ0v) is 14.1. The molecule has 0 aliphatic carbocycles. The molecule has 1 heterocycles. The van der Waals surface area contributed by atoms with Crippen LogP contribution in [-0.2, 0) is 6.54 Å². The smallest absolute Gasteiger partial charge is 0.273 e. The molecule has 0 radical (unpaired) electrons. The van der Waals surface area contributed by atoms with Gasteiger partial charge in [-0.15, -0.1) is 0 Å². The monoisotopic (exact) mass is 330 g/mol. The number of amides is 2. The van der Waals surface area contributed by atoms with Gasteiger partial charge in [0.25, 0.3) is 11.8 Å². The summed E-state index contributed by atoms with van der Waals surface area (Å²) in [5.41, 5.74) is 0.971. The lowest BCUT2D eigenvalue weighted by molar-refractivity contribution is 0.0948. The zero-order chi connectivity index (χ0) is 17.5. The molecule has 0 atom stereocenters. The summed E-state index contributed by atoms with van der Waals surface area (Å²) in [5.74, 6) is -0.193. The molecule has 0 aliphatic rings. The number of aryl methyl sites for hydroxylation is 1. The molecule has 1 aromatic carbocycles. The van der Waals surface area contributed by atoms with Crippen molar-refractivity contribution < 1.29 is 14.3 Å². The molecule has 2 rings (SSSR count). The Morgan fingerprint density at radius 1 is 1.21 bits per heavy atom. The molecular weight excluding hydrogens is 308 g/mol. The van der Waals surface area contributed by atoms with Gasteiger partial charge in [-0.25, -0.2) is 0 Å². The van der Waals surface area contributed by atoms with E-state index in [1.165, 1.54) is 7.11 Å². The van der Waals surface area contributed by atoms with Crippen LogP contribution in [0.5, 0.6) is 5.75 Å². The molecule has 0 saturated heterocycles. The Hall–Kier alpha value is -2.83. The van der Waals surface area contributed by atoms with Gasteiger partial charge in [0.2, 0.25) is 0 Å². The van der Waals surface area contributed by atoms with E-state index < -0.39 is 0 Å². The minimum Gasteiger partial charge on any atom is -0.496 e. The van der Waals surface area contributed by atoms with E-state index in [9.17, 15) is 9.59 Å². The number of anilines is 1. The van der Waals surface area contributed by atoms with Gasteiger partial charge < -0.3 is 15.4 Å². The second-order valence-electron chi connectivity index (χ2n) is 5.16. The molecule has 1 aromatic heterocycles. The molecule has 2 aromatic rings. The fraction of sp³-hybridized carbons (Fsp3) is 0.353. The first-order chi connectivity index (χ1) is 11.6. The highest BCUT2D eigenvalue weighted by Gasteiger charge is 2.20. The van der Waals surface area contributed by atoms with Crippen molar-refractivity contribution in [2.75, 3.05) is 19.0 Å². The van der Waals surface area contributed by atoms with Gasteiger partial charge in [-0.2, -0.15) is 5.10 Å². The second kappa shape index (κ2) is 8.14. The summed E-state index contributed by atoms with van der Waals surface area (Å²) < 4.78 is 6.81. The van der Waals surface area contributed by atoms with Crippen molar-refractivity contribution in [2.24, 2.45) is 0 Å². The molecule has 0 spiro atoms. The van der Waals surface area contributed by atoms with Crippen molar-refractivity contribution in [3.63, 3.8) is 0 Å². The first-order valence-corrected chi connectivity index (χ1v) is 7.90. The minimum atomic E-state index is -0.354. The predicted molar refractivity (Wildman–Crippen MR) is 91.5 cm³/mol. The van der Waals surface area contributed by atoms with Crippen LogP contribution in [0.3, 0.4) is 0 Å². The van der Waals surface area contributed by atoms with Gasteiger partial charge in [-0.1, -0.05) is 19.1 Å². The van der Waals surface area contributed by atoms with Crippen LogP contribution >= 0.6 is 0 Å². The Kier molecular flexibility index (Phi) is 5.95. The van der Waals surface area contributed by atoms with Crippen LogP contribution in [0.15, 0.2) is 30.5 Å². The third-order valence-electron chi connectivity index (χ3n) is 3.44. The van der Waals surface area contributed by atoms with Gasteiger partial charge >= 0.3 is 0 Å². The van der Waals surface area contributed by atoms with Crippen molar-refractivity contribution in [1.82, 2.24) is 15.1 Å². The standard InChI is InChI=1S/C17H22N4O3/c1-4-10-18-17(23)15-13(11-21(5-2)20-15)19-16(22)12-8-6-7-9-14(12)24-3/h6-9,11H,4-5,10H2,1-3H3,(H,18,23)(H,19,22). The number of ether oxygens (including phenoxy) is 1. The lowest BCUT2D eigenvalue weighted by atomic mass is 10.2. The van der Waals surface area contributed by atoms with Gasteiger partial charge in [0.05, 0.1) is 18.4 Å². The summed E-state index contributed by atoms with van der Waals surface area (Å²) in [5, 5.41) is 9.75.